The van der Waals surface area contributed by atoms with E-state index < -0.39 is 0 Å². The van der Waals surface area contributed by atoms with Crippen LogP contribution in [0, 0.1) is 0 Å². The Hall–Kier alpha value is -1.10. The first kappa shape index (κ1) is 13.0. The standard InChI is InChI=1S/C11H15BrN2O2/c1-3-16-11(15)6-7-14(2)10-5-4-9(12)8-13-10/h4-5,8H,3,6-7H2,1-2H3. The number of pyridine rings is 1. The van der Waals surface area contributed by atoms with Gasteiger partial charge in [-0.05, 0) is 35.0 Å². The van der Waals surface area contributed by atoms with Gasteiger partial charge >= 0.3 is 5.97 Å². The second-order valence-corrected chi connectivity index (χ2v) is 4.23. The Kier molecular flexibility index (Phi) is 5.25. The number of halogens is 1. The summed E-state index contributed by atoms with van der Waals surface area (Å²) in [4.78, 5) is 17.3. The highest BCUT2D eigenvalue weighted by Gasteiger charge is 2.06. The smallest absolute Gasteiger partial charge is 0.307 e. The molecule has 0 aliphatic carbocycles. The van der Waals surface area contributed by atoms with Crippen molar-refractivity contribution in [2.24, 2.45) is 0 Å². The van der Waals surface area contributed by atoms with Crippen LogP contribution in [0.1, 0.15) is 13.3 Å². The first-order valence-corrected chi connectivity index (χ1v) is 5.91. The van der Waals surface area contributed by atoms with E-state index in [1.54, 1.807) is 13.1 Å². The van der Waals surface area contributed by atoms with E-state index in [9.17, 15) is 4.79 Å². The van der Waals surface area contributed by atoms with Gasteiger partial charge < -0.3 is 9.64 Å². The Morgan fingerprint density at radius 2 is 2.31 bits per heavy atom. The lowest BCUT2D eigenvalue weighted by Crippen LogP contribution is -2.22. The van der Waals surface area contributed by atoms with Crippen LogP contribution in [0.25, 0.3) is 0 Å². The van der Waals surface area contributed by atoms with Crippen LogP contribution in [0.3, 0.4) is 0 Å². The number of esters is 1. The van der Waals surface area contributed by atoms with Gasteiger partial charge in [0.05, 0.1) is 13.0 Å². The molecule has 0 saturated heterocycles. The second-order valence-electron chi connectivity index (χ2n) is 3.31. The van der Waals surface area contributed by atoms with Crippen LogP contribution < -0.4 is 4.90 Å². The molecule has 1 rings (SSSR count). The van der Waals surface area contributed by atoms with Gasteiger partial charge in [-0.15, -0.1) is 0 Å². The van der Waals surface area contributed by atoms with Crippen LogP contribution in [0.4, 0.5) is 5.82 Å². The zero-order chi connectivity index (χ0) is 12.0. The maximum atomic E-state index is 11.2. The summed E-state index contributed by atoms with van der Waals surface area (Å²) in [5, 5.41) is 0. The van der Waals surface area contributed by atoms with Crippen molar-refractivity contribution in [2.45, 2.75) is 13.3 Å². The van der Waals surface area contributed by atoms with E-state index >= 15 is 0 Å². The Labute approximate surface area is 104 Å². The molecule has 0 amide bonds. The van der Waals surface area contributed by atoms with Crippen LogP contribution in [0.5, 0.6) is 0 Å². The van der Waals surface area contributed by atoms with Gasteiger partial charge in [-0.1, -0.05) is 0 Å². The van der Waals surface area contributed by atoms with Crippen molar-refractivity contribution in [3.63, 3.8) is 0 Å². The highest BCUT2D eigenvalue weighted by Crippen LogP contribution is 2.13. The van der Waals surface area contributed by atoms with Gasteiger partial charge in [-0.3, -0.25) is 4.79 Å². The number of aromatic nitrogens is 1. The van der Waals surface area contributed by atoms with E-state index in [1.165, 1.54) is 0 Å². The Balaban J connectivity index is 2.43. The van der Waals surface area contributed by atoms with Crippen LogP contribution in [-0.4, -0.2) is 31.2 Å². The zero-order valence-electron chi connectivity index (χ0n) is 9.44. The van der Waals surface area contributed by atoms with Gasteiger partial charge in [0.25, 0.3) is 0 Å². The summed E-state index contributed by atoms with van der Waals surface area (Å²) in [6, 6.07) is 3.82. The minimum Gasteiger partial charge on any atom is -0.466 e. The maximum Gasteiger partial charge on any atom is 0.307 e. The van der Waals surface area contributed by atoms with Crippen molar-refractivity contribution < 1.29 is 9.53 Å². The molecule has 5 heteroatoms. The molecule has 0 aliphatic heterocycles. The molecule has 0 spiro atoms. The molecule has 0 aliphatic rings. The lowest BCUT2D eigenvalue weighted by Gasteiger charge is -2.17. The first-order valence-electron chi connectivity index (χ1n) is 5.11. The molecular formula is C11H15BrN2O2. The monoisotopic (exact) mass is 286 g/mol. The Morgan fingerprint density at radius 1 is 1.56 bits per heavy atom. The van der Waals surface area contributed by atoms with E-state index in [0.29, 0.717) is 19.6 Å². The topological polar surface area (TPSA) is 42.4 Å². The van der Waals surface area contributed by atoms with Crippen molar-refractivity contribution in [3.05, 3.63) is 22.8 Å². The van der Waals surface area contributed by atoms with E-state index in [1.807, 2.05) is 24.1 Å². The molecular weight excluding hydrogens is 272 g/mol. The number of hydrogen-bond donors (Lipinski definition) is 0. The largest absolute Gasteiger partial charge is 0.466 e. The number of carbonyl (C=O) groups is 1. The lowest BCUT2D eigenvalue weighted by atomic mass is 10.3. The van der Waals surface area contributed by atoms with Crippen molar-refractivity contribution >= 4 is 27.7 Å². The third-order valence-corrected chi connectivity index (χ3v) is 2.53. The first-order chi connectivity index (χ1) is 7.63. The highest BCUT2D eigenvalue weighted by molar-refractivity contribution is 9.10. The van der Waals surface area contributed by atoms with E-state index in [2.05, 4.69) is 20.9 Å². The van der Waals surface area contributed by atoms with Gasteiger partial charge in [0, 0.05) is 24.3 Å². The predicted octanol–water partition coefficient (Wildman–Crippen LogP) is 2.23. The number of rotatable bonds is 5. The van der Waals surface area contributed by atoms with Gasteiger partial charge in [0.2, 0.25) is 0 Å². The molecule has 16 heavy (non-hydrogen) atoms. The Bertz CT molecular complexity index is 340. The van der Waals surface area contributed by atoms with Gasteiger partial charge in [-0.2, -0.15) is 0 Å². The molecule has 1 aromatic rings. The van der Waals surface area contributed by atoms with Crippen LogP contribution in [-0.2, 0) is 9.53 Å². The molecule has 0 saturated carbocycles. The molecule has 1 aromatic heterocycles. The average Bonchev–Trinajstić information content (AvgIpc) is 2.27. The quantitative estimate of drug-likeness (QED) is 0.779. The fraction of sp³-hybridized carbons (Fsp3) is 0.455. The average molecular weight is 287 g/mol. The summed E-state index contributed by atoms with van der Waals surface area (Å²) in [6.07, 6.45) is 2.11. The molecule has 0 atom stereocenters. The molecule has 0 unspecified atom stereocenters. The summed E-state index contributed by atoms with van der Waals surface area (Å²) >= 11 is 3.32. The molecule has 0 bridgehead atoms. The fourth-order valence-corrected chi connectivity index (χ4v) is 1.44. The van der Waals surface area contributed by atoms with Crippen molar-refractivity contribution in [3.8, 4) is 0 Å². The third kappa shape index (κ3) is 4.18. The Morgan fingerprint density at radius 3 is 2.88 bits per heavy atom. The molecule has 0 radical (unpaired) electrons. The number of ether oxygens (including phenoxy) is 1. The van der Waals surface area contributed by atoms with Gasteiger partial charge in [0.15, 0.2) is 0 Å². The minimum atomic E-state index is -0.175. The molecule has 0 aromatic carbocycles. The summed E-state index contributed by atoms with van der Waals surface area (Å²) in [6.45, 7) is 2.84. The van der Waals surface area contributed by atoms with E-state index in [0.717, 1.165) is 10.3 Å². The second kappa shape index (κ2) is 6.48. The van der Waals surface area contributed by atoms with E-state index in [-0.39, 0.29) is 5.97 Å². The normalized spacial score (nSPS) is 9.94. The third-order valence-electron chi connectivity index (χ3n) is 2.06. The van der Waals surface area contributed by atoms with Gasteiger partial charge in [0.1, 0.15) is 5.82 Å². The fourth-order valence-electron chi connectivity index (χ4n) is 1.20. The number of carbonyl (C=O) groups excluding carboxylic acids is 1. The summed E-state index contributed by atoms with van der Waals surface area (Å²) in [5.41, 5.74) is 0. The molecule has 4 nitrogen and oxygen atoms in total. The highest BCUT2D eigenvalue weighted by atomic mass is 79.9. The van der Waals surface area contributed by atoms with Crippen molar-refractivity contribution in [1.29, 1.82) is 0 Å². The predicted molar refractivity (Wildman–Crippen MR) is 66.5 cm³/mol. The van der Waals surface area contributed by atoms with Crippen molar-refractivity contribution in [2.75, 3.05) is 25.1 Å². The van der Waals surface area contributed by atoms with E-state index in [4.69, 9.17) is 4.74 Å². The summed E-state index contributed by atoms with van der Waals surface area (Å²) < 4.78 is 5.79. The molecule has 0 fully saturated rings. The molecule has 1 heterocycles. The molecule has 88 valence electrons. The number of nitrogens with zero attached hydrogens (tertiary/aromatic N) is 2. The SMILES string of the molecule is CCOC(=O)CCN(C)c1ccc(Br)cn1. The minimum absolute atomic E-state index is 0.175. The maximum absolute atomic E-state index is 11.2. The van der Waals surface area contributed by atoms with Crippen LogP contribution in [0.2, 0.25) is 0 Å². The number of anilines is 1. The van der Waals surface area contributed by atoms with Crippen LogP contribution >= 0.6 is 15.9 Å². The van der Waals surface area contributed by atoms with Crippen LogP contribution in [0.15, 0.2) is 22.8 Å². The number of hydrogen-bond acceptors (Lipinski definition) is 4. The zero-order valence-corrected chi connectivity index (χ0v) is 11.0. The summed E-state index contributed by atoms with van der Waals surface area (Å²) in [7, 11) is 1.90. The summed E-state index contributed by atoms with van der Waals surface area (Å²) in [5.74, 6) is 0.666. The van der Waals surface area contributed by atoms with Gasteiger partial charge in [-0.25, -0.2) is 4.98 Å². The lowest BCUT2D eigenvalue weighted by molar-refractivity contribution is -0.142. The van der Waals surface area contributed by atoms with Crippen molar-refractivity contribution in [1.82, 2.24) is 4.98 Å². The molecule has 0 N–H and O–H groups in total.